The summed E-state index contributed by atoms with van der Waals surface area (Å²) in [7, 11) is -3.31. The molecule has 0 saturated heterocycles. The second kappa shape index (κ2) is 5.00. The van der Waals surface area contributed by atoms with Crippen molar-refractivity contribution in [1.29, 1.82) is 0 Å². The largest absolute Gasteiger partial charge is 0.244 e. The molecule has 106 valence electrons. The molecule has 0 atom stereocenters. The number of rotatable bonds is 3. The van der Waals surface area contributed by atoms with Gasteiger partial charge < -0.3 is 0 Å². The molecule has 0 aromatic carbocycles. The van der Waals surface area contributed by atoms with Gasteiger partial charge in [0.15, 0.2) is 0 Å². The molecule has 0 bridgehead atoms. The third-order valence-electron chi connectivity index (χ3n) is 4.13. The number of fused-ring (bicyclic) bond motifs is 1. The second-order valence-electron chi connectivity index (χ2n) is 5.42. The molecule has 19 heavy (non-hydrogen) atoms. The van der Waals surface area contributed by atoms with Crippen molar-refractivity contribution in [2.24, 2.45) is 0 Å². The second-order valence-corrected chi connectivity index (χ2v) is 8.51. The van der Waals surface area contributed by atoms with Crippen LogP contribution in [0, 0.1) is 0 Å². The van der Waals surface area contributed by atoms with Crippen LogP contribution in [-0.2, 0) is 16.6 Å². The molecule has 1 aromatic heterocycles. The van der Waals surface area contributed by atoms with Gasteiger partial charge in [-0.3, -0.25) is 0 Å². The molecule has 0 unspecified atom stereocenters. The summed E-state index contributed by atoms with van der Waals surface area (Å²) in [6, 6.07) is 1.71. The highest BCUT2D eigenvalue weighted by atomic mass is 35.5. The highest BCUT2D eigenvalue weighted by Gasteiger charge is 2.42. The van der Waals surface area contributed by atoms with Gasteiger partial charge in [0.1, 0.15) is 0 Å². The van der Waals surface area contributed by atoms with E-state index in [0.29, 0.717) is 18.0 Å². The lowest BCUT2D eigenvalue weighted by atomic mass is 9.82. The Kier molecular flexibility index (Phi) is 3.64. The molecule has 1 aromatic rings. The van der Waals surface area contributed by atoms with E-state index in [-0.39, 0.29) is 5.54 Å². The first-order chi connectivity index (χ1) is 9.07. The average molecular weight is 321 g/mol. The van der Waals surface area contributed by atoms with E-state index in [4.69, 9.17) is 11.8 Å². The van der Waals surface area contributed by atoms with Gasteiger partial charge in [0.25, 0.3) is 0 Å². The summed E-state index contributed by atoms with van der Waals surface area (Å²) in [5.74, 6) is 0. The van der Waals surface area contributed by atoms with E-state index in [2.05, 4.69) is 4.84 Å². The lowest BCUT2D eigenvalue weighted by Crippen LogP contribution is -2.51. The van der Waals surface area contributed by atoms with Crippen molar-refractivity contribution < 1.29 is 8.42 Å². The molecule has 2 aliphatic rings. The van der Waals surface area contributed by atoms with Gasteiger partial charge in [-0.05, 0) is 36.1 Å². The maximum absolute atomic E-state index is 12.4. The van der Waals surface area contributed by atoms with Gasteiger partial charge in [-0.1, -0.05) is 19.3 Å². The summed E-state index contributed by atoms with van der Waals surface area (Å²) >= 11 is 7.44. The Balaban J connectivity index is 1.83. The summed E-state index contributed by atoms with van der Waals surface area (Å²) < 4.78 is 26.5. The first-order valence-corrected chi connectivity index (χ1v) is 9.22. The predicted molar refractivity (Wildman–Crippen MR) is 76.7 cm³/mol. The van der Waals surface area contributed by atoms with Crippen LogP contribution >= 0.6 is 23.1 Å². The first-order valence-electron chi connectivity index (χ1n) is 6.52. The van der Waals surface area contributed by atoms with Crippen LogP contribution in [0.4, 0.5) is 0 Å². The van der Waals surface area contributed by atoms with Gasteiger partial charge in [-0.2, -0.15) is 4.31 Å². The highest BCUT2D eigenvalue weighted by molar-refractivity contribution is 7.89. The van der Waals surface area contributed by atoms with E-state index in [1.807, 2.05) is 5.38 Å². The van der Waals surface area contributed by atoms with E-state index < -0.39 is 10.0 Å². The zero-order valence-electron chi connectivity index (χ0n) is 10.6. The van der Waals surface area contributed by atoms with Crippen molar-refractivity contribution in [3.63, 3.8) is 0 Å². The molecule has 1 fully saturated rings. The van der Waals surface area contributed by atoms with Crippen LogP contribution in [0.25, 0.3) is 0 Å². The molecule has 3 rings (SSSR count). The van der Waals surface area contributed by atoms with Crippen LogP contribution in [0.2, 0.25) is 0 Å². The van der Waals surface area contributed by atoms with E-state index in [9.17, 15) is 8.42 Å². The Morgan fingerprint density at radius 2 is 2.11 bits per heavy atom. The number of nitrogens with one attached hydrogen (secondary N) is 1. The number of nitrogens with zero attached hydrogens (tertiary/aromatic N) is 1. The predicted octanol–water partition coefficient (Wildman–Crippen LogP) is 2.70. The minimum absolute atomic E-state index is 0.263. The van der Waals surface area contributed by atoms with E-state index in [1.165, 1.54) is 17.8 Å². The lowest BCUT2D eigenvalue weighted by molar-refractivity contribution is 0.217. The van der Waals surface area contributed by atoms with Crippen LogP contribution in [0.1, 0.15) is 37.0 Å². The maximum atomic E-state index is 12.4. The Bertz CT molecular complexity index is 564. The molecule has 1 saturated carbocycles. The SMILES string of the molecule is O=S1(=O)c2ccsc2CN1CC1(NCl)CCCCC1. The van der Waals surface area contributed by atoms with Gasteiger partial charge in [-0.15, -0.1) is 11.3 Å². The lowest BCUT2D eigenvalue weighted by Gasteiger charge is -2.38. The van der Waals surface area contributed by atoms with Crippen molar-refractivity contribution >= 4 is 33.1 Å². The maximum Gasteiger partial charge on any atom is 0.244 e. The minimum Gasteiger partial charge on any atom is -0.226 e. The van der Waals surface area contributed by atoms with Gasteiger partial charge in [0.05, 0.1) is 4.90 Å². The zero-order chi connectivity index (χ0) is 13.5. The normalized spacial score (nSPS) is 25.3. The molecule has 7 heteroatoms. The van der Waals surface area contributed by atoms with Crippen molar-refractivity contribution in [3.8, 4) is 0 Å². The Morgan fingerprint density at radius 1 is 1.37 bits per heavy atom. The van der Waals surface area contributed by atoms with Crippen molar-refractivity contribution in [2.75, 3.05) is 6.54 Å². The molecular weight excluding hydrogens is 304 g/mol. The third kappa shape index (κ3) is 2.34. The van der Waals surface area contributed by atoms with Crippen LogP contribution < -0.4 is 4.84 Å². The minimum atomic E-state index is -3.31. The third-order valence-corrected chi connectivity index (χ3v) is 7.44. The van der Waals surface area contributed by atoms with Crippen LogP contribution in [-0.4, -0.2) is 24.8 Å². The molecule has 1 aliphatic carbocycles. The molecule has 0 spiro atoms. The monoisotopic (exact) mass is 320 g/mol. The van der Waals surface area contributed by atoms with Crippen molar-refractivity contribution in [2.45, 2.75) is 49.1 Å². The van der Waals surface area contributed by atoms with Gasteiger partial charge in [0.2, 0.25) is 10.0 Å². The molecular formula is C12H17ClN2O2S2. The summed E-state index contributed by atoms with van der Waals surface area (Å²) in [5.41, 5.74) is -0.263. The number of thiophene rings is 1. The first kappa shape index (κ1) is 13.8. The van der Waals surface area contributed by atoms with Gasteiger partial charge >= 0.3 is 0 Å². The molecule has 0 radical (unpaired) electrons. The fourth-order valence-electron chi connectivity index (χ4n) is 3.05. The fraction of sp³-hybridized carbons (Fsp3) is 0.667. The average Bonchev–Trinajstić information content (AvgIpc) is 2.95. The number of sulfonamides is 1. The smallest absolute Gasteiger partial charge is 0.226 e. The van der Waals surface area contributed by atoms with Crippen LogP contribution in [0.15, 0.2) is 16.3 Å². The quantitative estimate of drug-likeness (QED) is 0.871. The molecule has 4 nitrogen and oxygen atoms in total. The summed E-state index contributed by atoms with van der Waals surface area (Å²) in [6.45, 7) is 0.968. The van der Waals surface area contributed by atoms with Crippen molar-refractivity contribution in [3.05, 3.63) is 16.3 Å². The Labute approximate surface area is 122 Å². The number of halogens is 1. The Hall–Kier alpha value is -0.140. The topological polar surface area (TPSA) is 49.4 Å². The zero-order valence-corrected chi connectivity index (χ0v) is 13.0. The van der Waals surface area contributed by atoms with Gasteiger partial charge in [-0.25, -0.2) is 13.3 Å². The number of hydrogen-bond acceptors (Lipinski definition) is 4. The summed E-state index contributed by atoms with van der Waals surface area (Å²) in [6.07, 6.45) is 5.30. The van der Waals surface area contributed by atoms with E-state index in [0.717, 1.165) is 30.6 Å². The highest BCUT2D eigenvalue weighted by Crippen LogP contribution is 2.37. The summed E-state index contributed by atoms with van der Waals surface area (Å²) in [5, 5.41) is 1.84. The van der Waals surface area contributed by atoms with Crippen molar-refractivity contribution in [1.82, 2.24) is 9.14 Å². The number of hydrogen-bond donors (Lipinski definition) is 1. The van der Waals surface area contributed by atoms with E-state index >= 15 is 0 Å². The van der Waals surface area contributed by atoms with Gasteiger partial charge in [0, 0.05) is 23.5 Å². The molecule has 2 heterocycles. The molecule has 0 amide bonds. The molecule has 1 N–H and O–H groups in total. The molecule has 1 aliphatic heterocycles. The van der Waals surface area contributed by atoms with E-state index in [1.54, 1.807) is 10.4 Å². The van der Waals surface area contributed by atoms with Crippen LogP contribution in [0.3, 0.4) is 0 Å². The fourth-order valence-corrected chi connectivity index (χ4v) is 6.29. The van der Waals surface area contributed by atoms with Crippen LogP contribution in [0.5, 0.6) is 0 Å². The summed E-state index contributed by atoms with van der Waals surface area (Å²) in [4.78, 5) is 4.30. The Morgan fingerprint density at radius 3 is 2.74 bits per heavy atom. The standard InChI is InChI=1S/C12H17ClN2O2S2/c13-14-12(5-2-1-3-6-12)9-15-8-10-11(4-7-18-10)19(15,16)17/h4,7,14H,1-3,5-6,8-9H2.